The van der Waals surface area contributed by atoms with Gasteiger partial charge in [-0.25, -0.2) is 0 Å². The van der Waals surface area contributed by atoms with Gasteiger partial charge in [0, 0.05) is 44.9 Å². The molecule has 2 fully saturated rings. The predicted octanol–water partition coefficient (Wildman–Crippen LogP) is 0.517. The lowest BCUT2D eigenvalue weighted by atomic mass is 10.1. The first-order chi connectivity index (χ1) is 8.83. The molecule has 18 heavy (non-hydrogen) atoms. The van der Waals surface area contributed by atoms with Crippen LogP contribution in [0.2, 0.25) is 0 Å². The largest absolute Gasteiger partial charge is 0.396 e. The number of aliphatic hydroxyl groups excluding tert-OH is 1. The van der Waals surface area contributed by atoms with Gasteiger partial charge in [-0.1, -0.05) is 6.92 Å². The van der Waals surface area contributed by atoms with Crippen LogP contribution < -0.4 is 5.32 Å². The zero-order valence-electron chi connectivity index (χ0n) is 11.8. The predicted molar refractivity (Wildman–Crippen MR) is 74.8 cm³/mol. The number of aliphatic hydroxyl groups is 1. The third-order valence-electron chi connectivity index (χ3n) is 4.31. The van der Waals surface area contributed by atoms with Crippen molar-refractivity contribution in [2.24, 2.45) is 0 Å². The lowest BCUT2D eigenvalue weighted by Crippen LogP contribution is -2.53. The summed E-state index contributed by atoms with van der Waals surface area (Å²) in [6.45, 7) is 9.64. The first-order valence-electron chi connectivity index (χ1n) is 7.64. The van der Waals surface area contributed by atoms with Gasteiger partial charge in [-0.15, -0.1) is 0 Å². The molecule has 4 nitrogen and oxygen atoms in total. The quantitative estimate of drug-likeness (QED) is 0.695. The lowest BCUT2D eigenvalue weighted by Gasteiger charge is -2.39. The van der Waals surface area contributed by atoms with Crippen molar-refractivity contribution in [2.75, 3.05) is 45.9 Å². The number of nitrogens with zero attached hydrogens (tertiary/aromatic N) is 2. The monoisotopic (exact) mass is 255 g/mol. The minimum Gasteiger partial charge on any atom is -0.396 e. The Balaban J connectivity index is 1.75. The molecule has 0 aromatic heterocycles. The van der Waals surface area contributed by atoms with Crippen LogP contribution >= 0.6 is 0 Å². The Kier molecular flexibility index (Phi) is 5.89. The Labute approximate surface area is 111 Å². The third kappa shape index (κ3) is 3.92. The molecule has 2 heterocycles. The Morgan fingerprint density at radius 2 is 2.22 bits per heavy atom. The van der Waals surface area contributed by atoms with E-state index in [9.17, 15) is 0 Å². The summed E-state index contributed by atoms with van der Waals surface area (Å²) < 4.78 is 0. The van der Waals surface area contributed by atoms with Crippen LogP contribution in [0.5, 0.6) is 0 Å². The normalized spacial score (nSPS) is 27.3. The molecule has 2 N–H and O–H groups in total. The molecule has 2 atom stereocenters. The molecular weight excluding hydrogens is 226 g/mol. The lowest BCUT2D eigenvalue weighted by molar-refractivity contribution is 0.0928. The van der Waals surface area contributed by atoms with E-state index in [1.54, 1.807) is 0 Å². The van der Waals surface area contributed by atoms with Crippen molar-refractivity contribution in [3.63, 3.8) is 0 Å². The summed E-state index contributed by atoms with van der Waals surface area (Å²) in [6, 6.07) is 1.27. The summed E-state index contributed by atoms with van der Waals surface area (Å²) in [6.07, 6.45) is 4.80. The van der Waals surface area contributed by atoms with E-state index in [0.29, 0.717) is 12.6 Å². The molecule has 2 aliphatic heterocycles. The summed E-state index contributed by atoms with van der Waals surface area (Å²) in [5.74, 6) is 0. The van der Waals surface area contributed by atoms with Gasteiger partial charge in [0.05, 0.1) is 0 Å². The second kappa shape index (κ2) is 7.43. The average Bonchev–Trinajstić information content (AvgIpc) is 2.83. The van der Waals surface area contributed by atoms with E-state index in [2.05, 4.69) is 22.0 Å². The summed E-state index contributed by atoms with van der Waals surface area (Å²) in [7, 11) is 0. The first kappa shape index (κ1) is 14.3. The van der Waals surface area contributed by atoms with E-state index >= 15 is 0 Å². The molecule has 0 aromatic rings. The molecule has 2 rings (SSSR count). The van der Waals surface area contributed by atoms with Crippen molar-refractivity contribution in [2.45, 2.75) is 44.7 Å². The van der Waals surface area contributed by atoms with Crippen molar-refractivity contribution >= 4 is 0 Å². The van der Waals surface area contributed by atoms with Crippen LogP contribution in [0.3, 0.4) is 0 Å². The number of rotatable bonds is 7. The summed E-state index contributed by atoms with van der Waals surface area (Å²) in [4.78, 5) is 5.24. The number of piperazine rings is 1. The SMILES string of the molecule is CCCNC(CCO)CN1CCN2CCCC2C1. The van der Waals surface area contributed by atoms with Gasteiger partial charge in [0.15, 0.2) is 0 Å². The van der Waals surface area contributed by atoms with Crippen molar-refractivity contribution < 1.29 is 5.11 Å². The van der Waals surface area contributed by atoms with E-state index in [1.165, 1.54) is 45.4 Å². The maximum Gasteiger partial charge on any atom is 0.0446 e. The van der Waals surface area contributed by atoms with Gasteiger partial charge in [-0.05, 0) is 38.8 Å². The number of hydrogen-bond donors (Lipinski definition) is 2. The smallest absolute Gasteiger partial charge is 0.0446 e. The molecule has 0 amide bonds. The van der Waals surface area contributed by atoms with Crippen molar-refractivity contribution in [3.8, 4) is 0 Å². The molecule has 0 spiro atoms. The highest BCUT2D eigenvalue weighted by Crippen LogP contribution is 2.21. The highest BCUT2D eigenvalue weighted by Gasteiger charge is 2.30. The average molecular weight is 255 g/mol. The van der Waals surface area contributed by atoms with Crippen molar-refractivity contribution in [3.05, 3.63) is 0 Å². The van der Waals surface area contributed by atoms with Gasteiger partial charge in [-0.2, -0.15) is 0 Å². The Bertz CT molecular complexity index is 237. The fourth-order valence-electron chi connectivity index (χ4n) is 3.30. The van der Waals surface area contributed by atoms with E-state index in [1.807, 2.05) is 0 Å². The summed E-state index contributed by atoms with van der Waals surface area (Å²) in [5, 5.41) is 12.7. The minimum atomic E-state index is 0.296. The van der Waals surface area contributed by atoms with Gasteiger partial charge >= 0.3 is 0 Å². The molecule has 2 unspecified atom stereocenters. The minimum absolute atomic E-state index is 0.296. The van der Waals surface area contributed by atoms with E-state index in [0.717, 1.165) is 25.6 Å². The first-order valence-corrected chi connectivity index (χ1v) is 7.64. The number of fused-ring (bicyclic) bond motifs is 1. The van der Waals surface area contributed by atoms with E-state index in [4.69, 9.17) is 5.11 Å². The zero-order chi connectivity index (χ0) is 12.8. The molecule has 4 heteroatoms. The molecule has 106 valence electrons. The van der Waals surface area contributed by atoms with Crippen LogP contribution in [0.25, 0.3) is 0 Å². The highest BCUT2D eigenvalue weighted by molar-refractivity contribution is 4.88. The van der Waals surface area contributed by atoms with Crippen LogP contribution in [-0.2, 0) is 0 Å². The molecule has 0 aliphatic carbocycles. The van der Waals surface area contributed by atoms with Crippen molar-refractivity contribution in [1.29, 1.82) is 0 Å². The topological polar surface area (TPSA) is 38.7 Å². The Morgan fingerprint density at radius 1 is 1.33 bits per heavy atom. The van der Waals surface area contributed by atoms with Crippen LogP contribution in [0.1, 0.15) is 32.6 Å². The second-order valence-electron chi connectivity index (χ2n) is 5.75. The molecule has 2 saturated heterocycles. The zero-order valence-corrected chi connectivity index (χ0v) is 11.8. The fourth-order valence-corrected chi connectivity index (χ4v) is 3.30. The number of hydrogen-bond acceptors (Lipinski definition) is 4. The highest BCUT2D eigenvalue weighted by atomic mass is 16.3. The summed E-state index contributed by atoms with van der Waals surface area (Å²) in [5.41, 5.74) is 0. The van der Waals surface area contributed by atoms with E-state index < -0.39 is 0 Å². The van der Waals surface area contributed by atoms with Crippen molar-refractivity contribution in [1.82, 2.24) is 15.1 Å². The Morgan fingerprint density at radius 3 is 3.00 bits per heavy atom. The molecule has 2 aliphatic rings. The maximum absolute atomic E-state index is 9.15. The second-order valence-corrected chi connectivity index (χ2v) is 5.75. The summed E-state index contributed by atoms with van der Waals surface area (Å²) >= 11 is 0. The molecule has 0 saturated carbocycles. The van der Waals surface area contributed by atoms with Gasteiger partial charge in [0.1, 0.15) is 0 Å². The van der Waals surface area contributed by atoms with Crippen LogP contribution in [0.4, 0.5) is 0 Å². The van der Waals surface area contributed by atoms with Crippen LogP contribution in [0.15, 0.2) is 0 Å². The third-order valence-corrected chi connectivity index (χ3v) is 4.31. The fraction of sp³-hybridized carbons (Fsp3) is 1.00. The standard InChI is InChI=1S/C14H29N3O/c1-2-6-15-13(5-10-18)11-16-8-9-17-7-3-4-14(17)12-16/h13-15,18H,2-12H2,1H3. The number of nitrogens with one attached hydrogen (secondary N) is 1. The molecule has 0 radical (unpaired) electrons. The van der Waals surface area contributed by atoms with Gasteiger partial charge < -0.3 is 10.4 Å². The van der Waals surface area contributed by atoms with Gasteiger partial charge in [0.25, 0.3) is 0 Å². The van der Waals surface area contributed by atoms with Gasteiger partial charge in [-0.3, -0.25) is 9.80 Å². The van der Waals surface area contributed by atoms with Gasteiger partial charge in [0.2, 0.25) is 0 Å². The van der Waals surface area contributed by atoms with E-state index in [-0.39, 0.29) is 0 Å². The van der Waals surface area contributed by atoms with Crippen LogP contribution in [0, 0.1) is 0 Å². The molecule has 0 aromatic carbocycles. The molecule has 0 bridgehead atoms. The van der Waals surface area contributed by atoms with Crippen LogP contribution in [-0.4, -0.2) is 72.9 Å². The molecular formula is C14H29N3O. The Hall–Kier alpha value is -0.160. The maximum atomic E-state index is 9.15.